The van der Waals surface area contributed by atoms with Gasteiger partial charge in [-0.05, 0) is 42.8 Å². The van der Waals surface area contributed by atoms with Gasteiger partial charge in [-0.15, -0.1) is 11.8 Å². The molecule has 0 amide bonds. The maximum absolute atomic E-state index is 13.2. The molecular formula is C17H17ClFNS. The van der Waals surface area contributed by atoms with Gasteiger partial charge >= 0.3 is 0 Å². The molecule has 0 saturated carbocycles. The Bertz CT molecular complexity index is 646. The first kappa shape index (κ1) is 14.9. The number of likely N-dealkylation sites (N-methyl/N-ethyl adjacent to an activating group) is 1. The Morgan fingerprint density at radius 2 is 2.14 bits per heavy atom. The van der Waals surface area contributed by atoms with E-state index in [0.717, 1.165) is 17.7 Å². The second-order valence-electron chi connectivity index (χ2n) is 5.29. The third-order valence-electron chi connectivity index (χ3n) is 4.05. The zero-order valence-electron chi connectivity index (χ0n) is 11.8. The fourth-order valence-corrected chi connectivity index (χ4v) is 4.47. The van der Waals surface area contributed by atoms with Gasteiger partial charge in [0.05, 0.1) is 0 Å². The van der Waals surface area contributed by atoms with Crippen molar-refractivity contribution < 1.29 is 4.39 Å². The molecule has 2 unspecified atom stereocenters. The van der Waals surface area contributed by atoms with Crippen LogP contribution in [0.2, 0.25) is 5.02 Å². The molecule has 0 spiro atoms. The first-order valence-corrected chi connectivity index (χ1v) is 8.38. The molecule has 0 bridgehead atoms. The number of hydrogen-bond donors (Lipinski definition) is 1. The Labute approximate surface area is 133 Å². The summed E-state index contributed by atoms with van der Waals surface area (Å²) in [5.74, 6) is 1.24. The van der Waals surface area contributed by atoms with Gasteiger partial charge in [0.1, 0.15) is 5.82 Å². The monoisotopic (exact) mass is 321 g/mol. The number of halogens is 2. The van der Waals surface area contributed by atoms with Crippen LogP contribution in [0.25, 0.3) is 0 Å². The van der Waals surface area contributed by atoms with Crippen molar-refractivity contribution in [2.24, 2.45) is 0 Å². The summed E-state index contributed by atoms with van der Waals surface area (Å²) >= 11 is 8.07. The van der Waals surface area contributed by atoms with E-state index in [-0.39, 0.29) is 5.82 Å². The largest absolute Gasteiger partial charge is 0.316 e. The average Bonchev–Trinajstić information content (AvgIpc) is 2.91. The number of rotatable bonds is 4. The number of fused-ring (bicyclic) bond motifs is 1. The maximum atomic E-state index is 13.2. The van der Waals surface area contributed by atoms with Crippen molar-refractivity contribution in [3.8, 4) is 0 Å². The smallest absolute Gasteiger partial charge is 0.124 e. The topological polar surface area (TPSA) is 12.0 Å². The van der Waals surface area contributed by atoms with Crippen LogP contribution in [0.1, 0.15) is 17.0 Å². The summed E-state index contributed by atoms with van der Waals surface area (Å²) in [4.78, 5) is 1.37. The summed E-state index contributed by atoms with van der Waals surface area (Å²) in [6.07, 6.45) is 0.801. The molecule has 1 nitrogen and oxygen atoms in total. The van der Waals surface area contributed by atoms with Gasteiger partial charge in [-0.1, -0.05) is 35.9 Å². The molecule has 2 atom stereocenters. The molecule has 0 aromatic heterocycles. The Morgan fingerprint density at radius 1 is 1.33 bits per heavy atom. The first-order chi connectivity index (χ1) is 10.2. The second-order valence-corrected chi connectivity index (χ2v) is 6.76. The highest BCUT2D eigenvalue weighted by Crippen LogP contribution is 2.41. The van der Waals surface area contributed by atoms with Crippen LogP contribution in [0, 0.1) is 5.82 Å². The average molecular weight is 322 g/mol. The third kappa shape index (κ3) is 3.10. The van der Waals surface area contributed by atoms with Crippen LogP contribution in [-0.4, -0.2) is 18.8 Å². The fourth-order valence-electron chi connectivity index (χ4n) is 2.89. The van der Waals surface area contributed by atoms with Gasteiger partial charge < -0.3 is 5.32 Å². The predicted octanol–water partition coefficient (Wildman–Crippen LogP) is 4.50. The van der Waals surface area contributed by atoms with Crippen molar-refractivity contribution in [3.05, 3.63) is 64.4 Å². The van der Waals surface area contributed by atoms with E-state index in [4.69, 9.17) is 11.6 Å². The van der Waals surface area contributed by atoms with Crippen molar-refractivity contribution >= 4 is 23.4 Å². The summed E-state index contributed by atoms with van der Waals surface area (Å²) in [5.41, 5.74) is 2.40. The lowest BCUT2D eigenvalue weighted by molar-refractivity contribution is 0.488. The molecule has 1 aliphatic rings. The van der Waals surface area contributed by atoms with Gasteiger partial charge in [-0.2, -0.15) is 0 Å². The van der Waals surface area contributed by atoms with Crippen LogP contribution in [-0.2, 0) is 6.42 Å². The minimum absolute atomic E-state index is 0.286. The first-order valence-electron chi connectivity index (χ1n) is 7.02. The Morgan fingerprint density at radius 3 is 2.90 bits per heavy atom. The minimum atomic E-state index is -0.286. The van der Waals surface area contributed by atoms with Crippen LogP contribution in [0.5, 0.6) is 0 Å². The standard InChI is InChI=1S/C17H17ClFNS/c1-20-16(8-11-6-7-12(19)9-15(11)18)14-10-21-17-5-3-2-4-13(14)17/h2-7,9,14,16,20H,8,10H2,1H3. The summed E-state index contributed by atoms with van der Waals surface area (Å²) < 4.78 is 13.2. The molecule has 21 heavy (non-hydrogen) atoms. The van der Waals surface area contributed by atoms with Crippen molar-refractivity contribution in [2.75, 3.05) is 12.8 Å². The van der Waals surface area contributed by atoms with Gasteiger partial charge in [-0.25, -0.2) is 4.39 Å². The van der Waals surface area contributed by atoms with Crippen LogP contribution in [0.3, 0.4) is 0 Å². The highest BCUT2D eigenvalue weighted by atomic mass is 35.5. The lowest BCUT2D eigenvalue weighted by Gasteiger charge is -2.24. The molecular weight excluding hydrogens is 305 g/mol. The van der Waals surface area contributed by atoms with Crippen molar-refractivity contribution in [3.63, 3.8) is 0 Å². The van der Waals surface area contributed by atoms with E-state index in [0.29, 0.717) is 17.0 Å². The van der Waals surface area contributed by atoms with Gasteiger partial charge in [0, 0.05) is 27.6 Å². The van der Waals surface area contributed by atoms with Crippen LogP contribution in [0.4, 0.5) is 4.39 Å². The SMILES string of the molecule is CNC(Cc1ccc(F)cc1Cl)C1CSc2ccccc21. The number of benzene rings is 2. The van der Waals surface area contributed by atoms with Crippen LogP contribution in [0.15, 0.2) is 47.4 Å². The molecule has 0 aliphatic carbocycles. The van der Waals surface area contributed by atoms with Crippen molar-refractivity contribution in [2.45, 2.75) is 23.3 Å². The maximum Gasteiger partial charge on any atom is 0.124 e. The summed E-state index contributed by atoms with van der Waals surface area (Å²) in [6.45, 7) is 0. The zero-order chi connectivity index (χ0) is 14.8. The lowest BCUT2D eigenvalue weighted by Crippen LogP contribution is -2.34. The zero-order valence-corrected chi connectivity index (χ0v) is 13.3. The molecule has 1 N–H and O–H groups in total. The molecule has 0 fully saturated rings. The summed E-state index contributed by atoms with van der Waals surface area (Å²) in [7, 11) is 1.98. The second kappa shape index (κ2) is 6.39. The van der Waals surface area contributed by atoms with E-state index in [1.165, 1.54) is 22.6 Å². The van der Waals surface area contributed by atoms with Crippen molar-refractivity contribution in [1.82, 2.24) is 5.32 Å². The molecule has 2 aromatic rings. The Kier molecular flexibility index (Phi) is 4.53. The minimum Gasteiger partial charge on any atom is -0.316 e. The molecule has 3 rings (SSSR count). The normalized spacial score (nSPS) is 18.5. The fraction of sp³-hybridized carbons (Fsp3) is 0.294. The van der Waals surface area contributed by atoms with Crippen LogP contribution < -0.4 is 5.32 Å². The number of hydrogen-bond acceptors (Lipinski definition) is 2. The Hall–Kier alpha value is -1.03. The summed E-state index contributed by atoms with van der Waals surface area (Å²) in [6, 6.07) is 13.5. The molecule has 1 aliphatic heterocycles. The van der Waals surface area contributed by atoms with Gasteiger partial charge in [0.2, 0.25) is 0 Å². The van der Waals surface area contributed by atoms with Gasteiger partial charge in [0.15, 0.2) is 0 Å². The molecule has 110 valence electrons. The Balaban J connectivity index is 1.83. The van der Waals surface area contributed by atoms with E-state index >= 15 is 0 Å². The highest BCUT2D eigenvalue weighted by molar-refractivity contribution is 7.99. The highest BCUT2D eigenvalue weighted by Gasteiger charge is 2.29. The quantitative estimate of drug-likeness (QED) is 0.890. The lowest BCUT2D eigenvalue weighted by atomic mass is 9.89. The molecule has 0 saturated heterocycles. The van der Waals surface area contributed by atoms with Gasteiger partial charge in [-0.3, -0.25) is 0 Å². The molecule has 1 heterocycles. The summed E-state index contributed by atoms with van der Waals surface area (Å²) in [5, 5.41) is 3.92. The van der Waals surface area contributed by atoms with E-state index in [1.54, 1.807) is 6.07 Å². The van der Waals surface area contributed by atoms with E-state index in [2.05, 4.69) is 29.6 Å². The van der Waals surface area contributed by atoms with Gasteiger partial charge in [0.25, 0.3) is 0 Å². The van der Waals surface area contributed by atoms with E-state index in [1.807, 2.05) is 18.8 Å². The molecule has 4 heteroatoms. The third-order valence-corrected chi connectivity index (χ3v) is 5.61. The van der Waals surface area contributed by atoms with Crippen LogP contribution >= 0.6 is 23.4 Å². The van der Waals surface area contributed by atoms with E-state index < -0.39 is 0 Å². The molecule has 0 radical (unpaired) electrons. The molecule has 2 aromatic carbocycles. The number of thioether (sulfide) groups is 1. The van der Waals surface area contributed by atoms with Crippen molar-refractivity contribution in [1.29, 1.82) is 0 Å². The number of nitrogens with one attached hydrogen (secondary N) is 1. The predicted molar refractivity (Wildman–Crippen MR) is 87.9 cm³/mol. The van der Waals surface area contributed by atoms with E-state index in [9.17, 15) is 4.39 Å².